The van der Waals surface area contributed by atoms with Crippen molar-refractivity contribution in [2.45, 2.75) is 19.8 Å². The van der Waals surface area contributed by atoms with E-state index in [0.29, 0.717) is 22.3 Å². The van der Waals surface area contributed by atoms with Crippen molar-refractivity contribution in [3.8, 4) is 0 Å². The molecule has 0 unspecified atom stereocenters. The second-order valence-electron chi connectivity index (χ2n) is 4.83. The van der Waals surface area contributed by atoms with E-state index in [0.717, 1.165) is 25.9 Å². The van der Waals surface area contributed by atoms with Crippen molar-refractivity contribution in [2.24, 2.45) is 15.9 Å². The van der Waals surface area contributed by atoms with E-state index < -0.39 is 6.03 Å². The molecule has 6 heteroatoms. The smallest absolute Gasteiger partial charge is 0.342 e. The molecule has 0 N–H and O–H groups in total. The average molecular weight is 279 g/mol. The molecule has 0 atom stereocenters. The first-order valence-corrected chi connectivity index (χ1v) is 7.31. The predicted octanol–water partition coefficient (Wildman–Crippen LogP) is 2.14. The van der Waals surface area contributed by atoms with E-state index in [-0.39, 0.29) is 5.91 Å². The van der Waals surface area contributed by atoms with Gasteiger partial charge in [-0.05, 0) is 18.8 Å². The fraction of sp³-hybridized carbons (Fsp3) is 0.538. The first kappa shape index (κ1) is 14.0. The first-order valence-electron chi connectivity index (χ1n) is 6.33. The molecule has 0 bridgehead atoms. The van der Waals surface area contributed by atoms with Crippen molar-refractivity contribution in [3.63, 3.8) is 0 Å². The number of carbonyl (C=O) groups excluding carboxylic acids is 2. The first-order chi connectivity index (χ1) is 9.06. The normalized spacial score (nSPS) is 20.7. The molecule has 2 heterocycles. The number of hydrogen-bond acceptors (Lipinski definition) is 3. The van der Waals surface area contributed by atoms with Crippen LogP contribution in [-0.4, -0.2) is 46.9 Å². The van der Waals surface area contributed by atoms with E-state index in [9.17, 15) is 9.59 Å². The summed E-state index contributed by atoms with van der Waals surface area (Å²) in [6, 6.07) is -0.533. The molecule has 1 fully saturated rings. The third-order valence-electron chi connectivity index (χ3n) is 3.27. The van der Waals surface area contributed by atoms with Crippen LogP contribution in [0.2, 0.25) is 0 Å². The van der Waals surface area contributed by atoms with E-state index in [4.69, 9.17) is 0 Å². The molecule has 19 heavy (non-hydrogen) atoms. The largest absolute Gasteiger partial charge is 0.368 e. The van der Waals surface area contributed by atoms with Gasteiger partial charge in [-0.3, -0.25) is 4.79 Å². The summed E-state index contributed by atoms with van der Waals surface area (Å²) in [6.45, 7) is 7.62. The van der Waals surface area contributed by atoms with Crippen LogP contribution in [0.25, 0.3) is 0 Å². The maximum absolute atomic E-state index is 12.0. The van der Waals surface area contributed by atoms with Gasteiger partial charge in [-0.2, -0.15) is 9.98 Å². The highest BCUT2D eigenvalue weighted by Crippen LogP contribution is 2.19. The third kappa shape index (κ3) is 3.76. The topological polar surface area (TPSA) is 62.1 Å². The molecule has 0 aromatic carbocycles. The van der Waals surface area contributed by atoms with Gasteiger partial charge in [-0.1, -0.05) is 25.3 Å². The lowest BCUT2D eigenvalue weighted by Gasteiger charge is -2.30. The van der Waals surface area contributed by atoms with Gasteiger partial charge in [0, 0.05) is 24.9 Å². The third-order valence-corrected chi connectivity index (χ3v) is 4.29. The quantitative estimate of drug-likeness (QED) is 0.778. The fourth-order valence-electron chi connectivity index (χ4n) is 1.98. The van der Waals surface area contributed by atoms with Crippen LogP contribution in [0, 0.1) is 5.92 Å². The molecule has 0 spiro atoms. The molecule has 0 aromatic rings. The van der Waals surface area contributed by atoms with Crippen molar-refractivity contribution < 1.29 is 9.59 Å². The summed E-state index contributed by atoms with van der Waals surface area (Å²) < 4.78 is 0. The lowest BCUT2D eigenvalue weighted by molar-refractivity contribution is -0.129. The van der Waals surface area contributed by atoms with E-state index in [2.05, 4.69) is 23.5 Å². The van der Waals surface area contributed by atoms with Crippen LogP contribution in [0.15, 0.2) is 22.1 Å². The number of piperidine rings is 1. The summed E-state index contributed by atoms with van der Waals surface area (Å²) in [4.78, 5) is 32.3. The van der Waals surface area contributed by atoms with E-state index >= 15 is 0 Å². The molecular formula is C13H17N3O2S. The number of rotatable bonds is 2. The van der Waals surface area contributed by atoms with Crippen LogP contribution in [0.1, 0.15) is 19.8 Å². The van der Waals surface area contributed by atoms with Crippen LogP contribution in [0.5, 0.6) is 0 Å². The molecule has 2 rings (SSSR count). The van der Waals surface area contributed by atoms with E-state index in [1.807, 2.05) is 4.90 Å². The van der Waals surface area contributed by atoms with Crippen LogP contribution in [0.4, 0.5) is 4.79 Å². The highest BCUT2D eigenvalue weighted by Gasteiger charge is 2.21. The van der Waals surface area contributed by atoms with Crippen LogP contribution >= 0.6 is 11.8 Å². The molecule has 5 nitrogen and oxygen atoms in total. The minimum atomic E-state index is -0.533. The summed E-state index contributed by atoms with van der Waals surface area (Å²) >= 11 is 1.26. The Balaban J connectivity index is 1.84. The van der Waals surface area contributed by atoms with E-state index in [1.54, 1.807) is 0 Å². The number of likely N-dealkylation sites (tertiary alicyclic amines) is 1. The average Bonchev–Trinajstić information content (AvgIpc) is 2.40. The van der Waals surface area contributed by atoms with Gasteiger partial charge in [-0.25, -0.2) is 4.79 Å². The van der Waals surface area contributed by atoms with Crippen LogP contribution < -0.4 is 0 Å². The molecule has 1 saturated heterocycles. The second-order valence-corrected chi connectivity index (χ2v) is 5.80. The Hall–Kier alpha value is -1.43. The van der Waals surface area contributed by atoms with Crippen molar-refractivity contribution in [3.05, 3.63) is 12.2 Å². The second kappa shape index (κ2) is 6.14. The van der Waals surface area contributed by atoms with Gasteiger partial charge in [0.05, 0.1) is 5.75 Å². The van der Waals surface area contributed by atoms with Crippen LogP contribution in [0.3, 0.4) is 0 Å². The highest BCUT2D eigenvalue weighted by molar-refractivity contribution is 8.15. The molecule has 0 aromatic heterocycles. The minimum absolute atomic E-state index is 0.0994. The Bertz CT molecular complexity index is 463. The molecule has 3 amide bonds. The van der Waals surface area contributed by atoms with Gasteiger partial charge in [-0.15, -0.1) is 0 Å². The maximum Gasteiger partial charge on any atom is 0.368 e. The molecule has 2 aliphatic heterocycles. The zero-order valence-electron chi connectivity index (χ0n) is 11.0. The summed E-state index contributed by atoms with van der Waals surface area (Å²) in [5.41, 5.74) is 0.588. The number of thioether (sulfide) groups is 1. The van der Waals surface area contributed by atoms with Gasteiger partial charge >= 0.3 is 6.03 Å². The maximum atomic E-state index is 12.0. The lowest BCUT2D eigenvalue weighted by Crippen LogP contribution is -2.39. The molecule has 2 aliphatic rings. The number of aliphatic imine (C=N–C) groups is 2. The van der Waals surface area contributed by atoms with Gasteiger partial charge in [0.25, 0.3) is 0 Å². The molecule has 0 radical (unpaired) electrons. The predicted molar refractivity (Wildman–Crippen MR) is 77.9 cm³/mol. The summed E-state index contributed by atoms with van der Waals surface area (Å²) in [7, 11) is 0. The van der Waals surface area contributed by atoms with Crippen molar-refractivity contribution in [1.82, 2.24) is 4.90 Å². The molecule has 102 valence electrons. The monoisotopic (exact) mass is 279 g/mol. The van der Waals surface area contributed by atoms with Crippen molar-refractivity contribution >= 4 is 35.0 Å². The molecule has 0 aliphatic carbocycles. The zero-order chi connectivity index (χ0) is 13.8. The van der Waals surface area contributed by atoms with E-state index in [1.165, 1.54) is 18.0 Å². The van der Waals surface area contributed by atoms with Crippen molar-refractivity contribution in [2.75, 3.05) is 18.8 Å². The summed E-state index contributed by atoms with van der Waals surface area (Å²) in [5.74, 6) is 1.10. The standard InChI is InChI=1S/C13H17N3O2S/c1-9-3-5-16(6-4-9)11(17)8-19-12-10(2)7-14-13(18)15-12/h7,9H,2-6,8H2,1H3. The number of nitrogens with zero attached hydrogens (tertiary/aromatic N) is 3. The summed E-state index contributed by atoms with van der Waals surface area (Å²) in [6.07, 6.45) is 3.52. The molecular weight excluding hydrogens is 262 g/mol. The Labute approximate surface area is 116 Å². The van der Waals surface area contributed by atoms with Gasteiger partial charge in [0.2, 0.25) is 5.91 Å². The summed E-state index contributed by atoms with van der Waals surface area (Å²) in [5, 5.41) is 0.499. The number of urea groups is 1. The minimum Gasteiger partial charge on any atom is -0.342 e. The Kier molecular flexibility index (Phi) is 4.52. The van der Waals surface area contributed by atoms with Gasteiger partial charge in [0.1, 0.15) is 5.04 Å². The lowest BCUT2D eigenvalue weighted by atomic mass is 9.99. The Morgan fingerprint density at radius 2 is 2.21 bits per heavy atom. The molecule has 0 saturated carbocycles. The zero-order valence-corrected chi connectivity index (χ0v) is 11.8. The van der Waals surface area contributed by atoms with Crippen LogP contribution in [-0.2, 0) is 4.79 Å². The van der Waals surface area contributed by atoms with Gasteiger partial charge in [0.15, 0.2) is 0 Å². The number of hydrogen-bond donors (Lipinski definition) is 0. The number of carbonyl (C=O) groups is 2. The Morgan fingerprint density at radius 1 is 1.53 bits per heavy atom. The Morgan fingerprint density at radius 3 is 2.89 bits per heavy atom. The number of amides is 3. The van der Waals surface area contributed by atoms with Gasteiger partial charge < -0.3 is 4.90 Å². The fourth-order valence-corrected chi connectivity index (χ4v) is 2.80. The van der Waals surface area contributed by atoms with Crippen molar-refractivity contribution in [1.29, 1.82) is 0 Å². The highest BCUT2D eigenvalue weighted by atomic mass is 32.2. The SMILES string of the molecule is C=C1C=NC(=O)N=C1SCC(=O)N1CCC(C)CC1.